The highest BCUT2D eigenvalue weighted by Crippen LogP contribution is 2.38. The van der Waals surface area contributed by atoms with Gasteiger partial charge in [-0.1, -0.05) is 71.1 Å². The number of aliphatic hydroxyl groups excluding tert-OH is 1. The van der Waals surface area contributed by atoms with Gasteiger partial charge in [-0.2, -0.15) is 0 Å². The first-order chi connectivity index (χ1) is 34.7. The zero-order chi connectivity index (χ0) is 54.0. The lowest BCUT2D eigenvalue weighted by Gasteiger charge is -2.42. The molecule has 17 heteroatoms. The van der Waals surface area contributed by atoms with Crippen molar-refractivity contribution in [2.75, 3.05) is 47.7 Å². The van der Waals surface area contributed by atoms with Crippen LogP contribution in [0, 0.1) is 35.5 Å². The summed E-state index contributed by atoms with van der Waals surface area (Å²) >= 11 is 0. The molecule has 2 N–H and O–H groups in total. The number of esters is 1. The second kappa shape index (κ2) is 29.8. The highest BCUT2D eigenvalue weighted by atomic mass is 16.7. The van der Waals surface area contributed by atoms with Crippen LogP contribution in [0.5, 0.6) is 0 Å². The number of fused-ring (bicyclic) bond motifs is 3. The molecule has 3 fully saturated rings. The van der Waals surface area contributed by atoms with Crippen LogP contribution in [0.3, 0.4) is 0 Å². The molecule has 1 aliphatic carbocycles. The highest BCUT2D eigenvalue weighted by molar-refractivity contribution is 6.39. The smallest absolute Gasteiger partial charge is 0.460 e. The molecule has 0 aromatic heterocycles. The van der Waals surface area contributed by atoms with Crippen LogP contribution in [-0.2, 0) is 61.9 Å². The van der Waals surface area contributed by atoms with Gasteiger partial charge < -0.3 is 53.0 Å². The maximum Gasteiger partial charge on any atom is 0.508 e. The first-order valence-electron chi connectivity index (χ1n) is 26.6. The second-order valence-corrected chi connectivity index (χ2v) is 21.0. The van der Waals surface area contributed by atoms with Crippen LogP contribution in [0.4, 0.5) is 4.79 Å². The Labute approximate surface area is 433 Å². The van der Waals surface area contributed by atoms with E-state index in [2.05, 4.69) is 0 Å². The lowest BCUT2D eigenvalue weighted by atomic mass is 9.78. The van der Waals surface area contributed by atoms with Crippen molar-refractivity contribution in [3.63, 3.8) is 0 Å². The minimum absolute atomic E-state index is 0.00548. The molecule has 0 aromatic carbocycles. The Bertz CT molecular complexity index is 1960. The molecule has 1 amide bonds. The predicted molar refractivity (Wildman–Crippen MR) is 272 cm³/mol. The van der Waals surface area contributed by atoms with E-state index in [0.29, 0.717) is 63.4 Å². The van der Waals surface area contributed by atoms with E-state index in [1.54, 1.807) is 48.0 Å². The van der Waals surface area contributed by atoms with Gasteiger partial charge in [-0.3, -0.25) is 19.2 Å². The molecule has 2 bridgehead atoms. The number of amides is 1. The third kappa shape index (κ3) is 17.5. The van der Waals surface area contributed by atoms with Crippen LogP contribution in [0.25, 0.3) is 0 Å². The molecule has 17 nitrogen and oxygen atoms in total. The summed E-state index contributed by atoms with van der Waals surface area (Å²) in [6.45, 7) is 14.8. The van der Waals surface area contributed by atoms with Crippen molar-refractivity contribution in [3.8, 4) is 0 Å². The molecular formula is C56H87NO16. The van der Waals surface area contributed by atoms with Gasteiger partial charge in [-0.25, -0.2) is 9.59 Å². The topological polar surface area (TPSA) is 220 Å². The fourth-order valence-electron chi connectivity index (χ4n) is 10.8. The Morgan fingerprint density at radius 1 is 0.849 bits per heavy atom. The van der Waals surface area contributed by atoms with E-state index in [1.807, 2.05) is 58.1 Å². The van der Waals surface area contributed by atoms with Crippen LogP contribution >= 0.6 is 0 Å². The SMILES string of the molecule is CCOC(=O)OCCO[C@@H]1CC[C@@H](C[C@@H](C)[C@@H]2CC(=O)[C@H](C)/C=C(\C)[C@@H](O)[C@@H](OC)C(=O)[C@H](C)C[C@H](C)/C=C/C=C/C=C(\C)[C@@H](OC)C[C@@H]3CC[C@@H](C)[C@@](O)(O3)C(=O)C(=O)N3CCCC[C@H]3C(=O)O2)C[C@H]1OC. The largest absolute Gasteiger partial charge is 0.508 e. The van der Waals surface area contributed by atoms with E-state index in [1.165, 1.54) is 12.0 Å². The zero-order valence-electron chi connectivity index (χ0n) is 45.4. The van der Waals surface area contributed by atoms with Crippen molar-refractivity contribution < 1.29 is 76.9 Å². The average Bonchev–Trinajstić information content (AvgIpc) is 3.36. The molecule has 2 saturated heterocycles. The molecule has 73 heavy (non-hydrogen) atoms. The number of carbonyl (C=O) groups excluding carboxylic acids is 6. The Morgan fingerprint density at radius 3 is 2.27 bits per heavy atom. The molecule has 3 aliphatic heterocycles. The normalized spacial score (nSPS) is 37.1. The molecule has 15 atom stereocenters. The number of nitrogens with zero attached hydrogens (tertiary/aromatic N) is 1. The molecule has 412 valence electrons. The van der Waals surface area contributed by atoms with Crippen molar-refractivity contribution in [1.82, 2.24) is 4.90 Å². The Balaban J connectivity index is 1.66. The van der Waals surface area contributed by atoms with E-state index < -0.39 is 83.9 Å². The third-order valence-corrected chi connectivity index (χ3v) is 15.4. The summed E-state index contributed by atoms with van der Waals surface area (Å²) in [4.78, 5) is 84.1. The van der Waals surface area contributed by atoms with Crippen LogP contribution in [0.2, 0.25) is 0 Å². The van der Waals surface area contributed by atoms with Crippen molar-refractivity contribution in [2.45, 2.75) is 187 Å². The molecule has 3 heterocycles. The first kappa shape index (κ1) is 61.4. The van der Waals surface area contributed by atoms with Crippen LogP contribution in [-0.4, -0.2) is 153 Å². The van der Waals surface area contributed by atoms with Gasteiger partial charge in [0, 0.05) is 58.5 Å². The average molecular weight is 1030 g/mol. The fraction of sp³-hybridized carbons (Fsp3) is 0.750. The van der Waals surface area contributed by atoms with Gasteiger partial charge >= 0.3 is 12.1 Å². The first-order valence-corrected chi connectivity index (χ1v) is 26.6. The minimum atomic E-state index is -2.45. The van der Waals surface area contributed by atoms with Gasteiger partial charge in [-0.15, -0.1) is 0 Å². The van der Waals surface area contributed by atoms with Gasteiger partial charge in [0.1, 0.15) is 36.7 Å². The molecule has 0 radical (unpaired) electrons. The monoisotopic (exact) mass is 1030 g/mol. The minimum Gasteiger partial charge on any atom is -0.460 e. The molecule has 0 aromatic rings. The Kier molecular flexibility index (Phi) is 25.1. The van der Waals surface area contributed by atoms with Crippen molar-refractivity contribution in [3.05, 3.63) is 47.6 Å². The van der Waals surface area contributed by atoms with E-state index in [9.17, 15) is 39.0 Å². The van der Waals surface area contributed by atoms with Gasteiger partial charge in [0.05, 0.1) is 37.6 Å². The van der Waals surface area contributed by atoms with Crippen molar-refractivity contribution >= 4 is 35.4 Å². The second-order valence-electron chi connectivity index (χ2n) is 21.0. The number of hydrogen-bond acceptors (Lipinski definition) is 16. The number of ketones is 3. The molecular weight excluding hydrogens is 943 g/mol. The molecule has 4 aliphatic rings. The lowest BCUT2D eigenvalue weighted by Crippen LogP contribution is -2.61. The van der Waals surface area contributed by atoms with Gasteiger partial charge in [0.2, 0.25) is 5.79 Å². The number of cyclic esters (lactones) is 1. The number of piperidine rings is 1. The third-order valence-electron chi connectivity index (χ3n) is 15.4. The van der Waals surface area contributed by atoms with Crippen LogP contribution in [0.15, 0.2) is 47.6 Å². The van der Waals surface area contributed by atoms with Crippen LogP contribution < -0.4 is 0 Å². The molecule has 4 rings (SSSR count). The summed E-state index contributed by atoms with van der Waals surface area (Å²) in [5.74, 6) is -8.19. The summed E-state index contributed by atoms with van der Waals surface area (Å²) in [6, 6.07) is -1.17. The highest BCUT2D eigenvalue weighted by Gasteiger charge is 2.53. The van der Waals surface area contributed by atoms with E-state index in [4.69, 9.17) is 37.9 Å². The van der Waals surface area contributed by atoms with E-state index >= 15 is 0 Å². The number of ether oxygens (including phenoxy) is 8. The maximum absolute atomic E-state index is 14.5. The van der Waals surface area contributed by atoms with Crippen molar-refractivity contribution in [2.24, 2.45) is 35.5 Å². The summed E-state index contributed by atoms with van der Waals surface area (Å²) < 4.78 is 45.7. The number of Topliss-reactive ketones (excluding diaryl/α,β-unsaturated/α-hetero) is 3. The molecule has 0 unspecified atom stereocenters. The number of hydrogen-bond donors (Lipinski definition) is 2. The quantitative estimate of drug-likeness (QED) is 0.0892. The molecule has 1 saturated carbocycles. The van der Waals surface area contributed by atoms with E-state index in [0.717, 1.165) is 12.0 Å². The van der Waals surface area contributed by atoms with Crippen molar-refractivity contribution in [1.29, 1.82) is 0 Å². The van der Waals surface area contributed by atoms with E-state index in [-0.39, 0.29) is 80.7 Å². The van der Waals surface area contributed by atoms with Crippen LogP contribution in [0.1, 0.15) is 132 Å². The summed E-state index contributed by atoms with van der Waals surface area (Å²) in [6.07, 6.45) is 10.7. The van der Waals surface area contributed by atoms with Gasteiger partial charge in [-0.05, 0) is 114 Å². The fourth-order valence-corrected chi connectivity index (χ4v) is 10.8. The predicted octanol–water partition coefficient (Wildman–Crippen LogP) is 7.38. The lowest BCUT2D eigenvalue weighted by molar-refractivity contribution is -0.265. The Hall–Kier alpha value is -4.10. The van der Waals surface area contributed by atoms with Gasteiger partial charge in [0.15, 0.2) is 5.78 Å². The maximum atomic E-state index is 14.5. The number of allylic oxidation sites excluding steroid dienone is 6. The standard InChI is InChI=1S/C56H87NO16/c1-12-69-55(64)71-27-26-70-45-24-22-41(31-48(45)67-10)30-37(5)47-33-44(58)36(4)29-39(7)50(60)51(68-11)49(59)38(6)28-34(2)18-14-13-15-19-35(3)46(66-9)32-42-23-21-40(8)56(65,73-42)52(61)53(62)57-25-17-16-20-43(57)54(63)72-47/h13-15,18-19,29,34,36-38,40-43,45-48,50-51,60,65H,12,16-17,20-28,30-33H2,1-11H3/b15-13+,18-14+,35-19+,39-29+/t34-,36-,37-,38-,40-,41+,42+,43+,45-,46+,47+,48-,50-,51+,56-/m1/s1. The number of carbonyl (C=O) groups is 6. The number of rotatable bonds is 11. The number of aliphatic hydroxyl groups is 2. The Morgan fingerprint density at radius 2 is 1.59 bits per heavy atom. The molecule has 0 spiro atoms. The summed E-state index contributed by atoms with van der Waals surface area (Å²) in [5.41, 5.74) is 1.24. The summed E-state index contributed by atoms with van der Waals surface area (Å²) in [7, 11) is 4.56. The zero-order valence-corrected chi connectivity index (χ0v) is 45.4. The summed E-state index contributed by atoms with van der Waals surface area (Å²) in [5, 5.41) is 23.5. The van der Waals surface area contributed by atoms with Gasteiger partial charge in [0.25, 0.3) is 11.7 Å². The number of methoxy groups -OCH3 is 3.